The average Bonchev–Trinajstić information content (AvgIpc) is 3.25. The first-order chi connectivity index (χ1) is 13.5. The molecule has 0 unspecified atom stereocenters. The van der Waals surface area contributed by atoms with Gasteiger partial charge in [0.2, 0.25) is 10.0 Å². The zero-order chi connectivity index (χ0) is 19.7. The van der Waals surface area contributed by atoms with Crippen LogP contribution in [0.25, 0.3) is 5.82 Å². The van der Waals surface area contributed by atoms with Crippen molar-refractivity contribution in [1.29, 1.82) is 0 Å². The molecular weight excluding hydrogens is 423 g/mol. The summed E-state index contributed by atoms with van der Waals surface area (Å²) in [6, 6.07) is 6.41. The molecule has 3 aromatic rings. The van der Waals surface area contributed by atoms with Gasteiger partial charge in [-0.15, -0.1) is 0 Å². The van der Waals surface area contributed by atoms with Gasteiger partial charge in [-0.1, -0.05) is 29.3 Å². The van der Waals surface area contributed by atoms with Gasteiger partial charge in [-0.2, -0.15) is 9.40 Å². The smallest absolute Gasteiger partial charge is 0.244 e. The third kappa shape index (κ3) is 3.58. The molecule has 0 atom stereocenters. The Morgan fingerprint density at radius 1 is 0.964 bits per heavy atom. The highest BCUT2D eigenvalue weighted by molar-refractivity contribution is 7.89. The van der Waals surface area contributed by atoms with Crippen LogP contribution in [0.3, 0.4) is 0 Å². The molecular formula is C17H16Cl2N6O2S. The lowest BCUT2D eigenvalue weighted by atomic mass is 10.3. The first-order valence-electron chi connectivity index (χ1n) is 8.48. The van der Waals surface area contributed by atoms with Gasteiger partial charge in [0.1, 0.15) is 10.7 Å². The molecule has 1 saturated heterocycles. The minimum atomic E-state index is -3.72. The summed E-state index contributed by atoms with van der Waals surface area (Å²) in [5.74, 6) is 1.27. The minimum absolute atomic E-state index is 0.0237. The van der Waals surface area contributed by atoms with Crippen molar-refractivity contribution in [2.45, 2.75) is 4.90 Å². The van der Waals surface area contributed by atoms with Crippen LogP contribution in [0.1, 0.15) is 0 Å². The van der Waals surface area contributed by atoms with E-state index in [4.69, 9.17) is 23.2 Å². The molecule has 28 heavy (non-hydrogen) atoms. The summed E-state index contributed by atoms with van der Waals surface area (Å²) >= 11 is 12.1. The summed E-state index contributed by atoms with van der Waals surface area (Å²) in [7, 11) is -3.72. The van der Waals surface area contributed by atoms with E-state index in [1.165, 1.54) is 10.4 Å². The fourth-order valence-electron chi connectivity index (χ4n) is 2.99. The molecule has 0 saturated carbocycles. The molecule has 0 spiro atoms. The molecule has 0 N–H and O–H groups in total. The Balaban J connectivity index is 1.51. The SMILES string of the molecule is O=S(=O)(c1cccc(Cl)c1Cl)N1CCN(c2cncc(-n3cccn3)n2)CC1. The van der Waals surface area contributed by atoms with Crippen molar-refractivity contribution in [2.75, 3.05) is 31.1 Å². The van der Waals surface area contributed by atoms with E-state index >= 15 is 0 Å². The van der Waals surface area contributed by atoms with Gasteiger partial charge >= 0.3 is 0 Å². The van der Waals surface area contributed by atoms with Crippen molar-refractivity contribution in [3.05, 3.63) is 59.1 Å². The average molecular weight is 439 g/mol. The van der Waals surface area contributed by atoms with E-state index in [2.05, 4.69) is 15.1 Å². The van der Waals surface area contributed by atoms with Gasteiger partial charge in [-0.05, 0) is 18.2 Å². The van der Waals surface area contributed by atoms with Crippen LogP contribution in [0.5, 0.6) is 0 Å². The van der Waals surface area contributed by atoms with Gasteiger partial charge in [0, 0.05) is 38.6 Å². The molecule has 0 amide bonds. The van der Waals surface area contributed by atoms with Crippen LogP contribution in [0, 0.1) is 0 Å². The van der Waals surface area contributed by atoms with Gasteiger partial charge in [0.25, 0.3) is 0 Å². The molecule has 2 aromatic heterocycles. The third-order valence-corrected chi connectivity index (χ3v) is 7.32. The number of hydrogen-bond acceptors (Lipinski definition) is 6. The van der Waals surface area contributed by atoms with Gasteiger partial charge in [0.05, 0.1) is 22.4 Å². The Labute approximate surface area is 172 Å². The summed E-state index contributed by atoms with van der Waals surface area (Å²) in [5.41, 5.74) is 0. The maximum Gasteiger partial charge on any atom is 0.244 e. The number of nitrogens with zero attached hydrogens (tertiary/aromatic N) is 6. The number of piperazine rings is 1. The second-order valence-corrected chi connectivity index (χ2v) is 8.82. The van der Waals surface area contributed by atoms with Crippen molar-refractivity contribution in [1.82, 2.24) is 24.1 Å². The number of sulfonamides is 1. The van der Waals surface area contributed by atoms with E-state index in [-0.39, 0.29) is 14.9 Å². The molecule has 1 aliphatic heterocycles. The first-order valence-corrected chi connectivity index (χ1v) is 10.7. The van der Waals surface area contributed by atoms with E-state index in [1.807, 2.05) is 4.90 Å². The molecule has 8 nitrogen and oxygen atoms in total. The summed E-state index contributed by atoms with van der Waals surface area (Å²) in [6.07, 6.45) is 6.73. The van der Waals surface area contributed by atoms with E-state index in [1.54, 1.807) is 47.7 Å². The highest BCUT2D eigenvalue weighted by Crippen LogP contribution is 2.31. The number of hydrogen-bond donors (Lipinski definition) is 0. The lowest BCUT2D eigenvalue weighted by molar-refractivity contribution is 0.383. The summed E-state index contributed by atoms with van der Waals surface area (Å²) in [5, 5.41) is 4.41. The minimum Gasteiger partial charge on any atom is -0.353 e. The number of aromatic nitrogens is 4. The monoisotopic (exact) mass is 438 g/mol. The van der Waals surface area contributed by atoms with Gasteiger partial charge in [-0.3, -0.25) is 4.98 Å². The maximum absolute atomic E-state index is 12.9. The van der Waals surface area contributed by atoms with Crippen molar-refractivity contribution in [2.24, 2.45) is 0 Å². The molecule has 3 heterocycles. The number of rotatable bonds is 4. The zero-order valence-electron chi connectivity index (χ0n) is 14.6. The van der Waals surface area contributed by atoms with Gasteiger partial charge in [-0.25, -0.2) is 18.1 Å². The standard InChI is InChI=1S/C17H16Cl2N6O2S/c18-13-3-1-4-14(17(13)19)28(26,27)24-9-7-23(8-10-24)15-11-20-12-16(22-15)25-6-2-5-21-25/h1-6,11-12H,7-10H2. The van der Waals surface area contributed by atoms with E-state index < -0.39 is 10.0 Å². The van der Waals surface area contributed by atoms with Gasteiger partial charge < -0.3 is 4.90 Å². The van der Waals surface area contributed by atoms with Gasteiger partial charge in [0.15, 0.2) is 5.82 Å². The highest BCUT2D eigenvalue weighted by Gasteiger charge is 2.31. The number of halogens is 2. The van der Waals surface area contributed by atoms with Crippen LogP contribution >= 0.6 is 23.2 Å². The van der Waals surface area contributed by atoms with Crippen LogP contribution < -0.4 is 4.90 Å². The van der Waals surface area contributed by atoms with Crippen LogP contribution in [0.4, 0.5) is 5.82 Å². The third-order valence-electron chi connectivity index (χ3n) is 4.44. The van der Waals surface area contributed by atoms with Crippen molar-refractivity contribution in [3.8, 4) is 5.82 Å². The first kappa shape index (κ1) is 19.1. The predicted molar refractivity (Wildman–Crippen MR) is 107 cm³/mol. The largest absolute Gasteiger partial charge is 0.353 e. The topological polar surface area (TPSA) is 84.2 Å². The predicted octanol–water partition coefficient (Wildman–Crippen LogP) is 2.48. The van der Waals surface area contributed by atoms with Crippen LogP contribution in [-0.4, -0.2) is 58.7 Å². The maximum atomic E-state index is 12.9. The molecule has 146 valence electrons. The van der Waals surface area contributed by atoms with Crippen LogP contribution in [0.15, 0.2) is 53.9 Å². The van der Waals surface area contributed by atoms with E-state index in [0.29, 0.717) is 37.8 Å². The second-order valence-electron chi connectivity index (χ2n) is 6.13. The van der Waals surface area contributed by atoms with Crippen molar-refractivity contribution in [3.63, 3.8) is 0 Å². The van der Waals surface area contributed by atoms with Crippen LogP contribution in [-0.2, 0) is 10.0 Å². The van der Waals surface area contributed by atoms with E-state index in [0.717, 1.165) is 0 Å². The Morgan fingerprint density at radius 3 is 2.43 bits per heavy atom. The summed E-state index contributed by atoms with van der Waals surface area (Å²) in [4.78, 5) is 10.8. The fraction of sp³-hybridized carbons (Fsp3) is 0.235. The molecule has 1 fully saturated rings. The summed E-state index contributed by atoms with van der Waals surface area (Å²) < 4.78 is 28.9. The van der Waals surface area contributed by atoms with Crippen molar-refractivity contribution >= 4 is 39.0 Å². The Bertz CT molecular complexity index is 1080. The van der Waals surface area contributed by atoms with Crippen molar-refractivity contribution < 1.29 is 8.42 Å². The van der Waals surface area contributed by atoms with Crippen LogP contribution in [0.2, 0.25) is 10.0 Å². The molecule has 0 radical (unpaired) electrons. The summed E-state index contributed by atoms with van der Waals surface area (Å²) in [6.45, 7) is 1.57. The molecule has 0 bridgehead atoms. The van der Waals surface area contributed by atoms with E-state index in [9.17, 15) is 8.42 Å². The Morgan fingerprint density at radius 2 is 1.71 bits per heavy atom. The quantitative estimate of drug-likeness (QED) is 0.621. The zero-order valence-corrected chi connectivity index (χ0v) is 16.9. The highest BCUT2D eigenvalue weighted by atomic mass is 35.5. The molecule has 4 rings (SSSR count). The number of benzene rings is 1. The molecule has 1 aliphatic rings. The molecule has 1 aromatic carbocycles. The molecule has 0 aliphatic carbocycles. The Kier molecular flexibility index (Phi) is 5.24. The molecule has 11 heteroatoms. The lowest BCUT2D eigenvalue weighted by Crippen LogP contribution is -2.49. The number of anilines is 1. The lowest BCUT2D eigenvalue weighted by Gasteiger charge is -2.34. The Hall–Kier alpha value is -2.20. The fourth-order valence-corrected chi connectivity index (χ4v) is 5.15. The second kappa shape index (κ2) is 7.67. The normalized spacial score (nSPS) is 15.7.